The van der Waals surface area contributed by atoms with Gasteiger partial charge in [0, 0.05) is 16.9 Å². The van der Waals surface area contributed by atoms with Crippen molar-refractivity contribution >= 4 is 34.7 Å². The van der Waals surface area contributed by atoms with Crippen molar-refractivity contribution in [3.63, 3.8) is 0 Å². The first kappa shape index (κ1) is 17.7. The van der Waals surface area contributed by atoms with E-state index in [1.165, 1.54) is 15.9 Å². The first-order chi connectivity index (χ1) is 14.4. The molecule has 0 bridgehead atoms. The molecule has 2 nitrogen and oxygen atoms in total. The molecule has 0 amide bonds. The Bertz CT molecular complexity index is 1200. The van der Waals surface area contributed by atoms with Crippen LogP contribution in [0.1, 0.15) is 0 Å². The zero-order valence-corrected chi connectivity index (χ0v) is 16.7. The predicted octanol–water partition coefficient (Wildman–Crippen LogP) is 5.06. The highest BCUT2D eigenvalue weighted by molar-refractivity contribution is 7.80. The minimum atomic E-state index is -0.710. The molecule has 3 heteroatoms. The van der Waals surface area contributed by atoms with Gasteiger partial charge in [-0.2, -0.15) is 0 Å². The minimum Gasteiger partial charge on any atom is -0.255 e. The lowest BCUT2D eigenvalue weighted by Gasteiger charge is -2.20. The normalized spacial score (nSPS) is 11.1. The van der Waals surface area contributed by atoms with Crippen molar-refractivity contribution in [2.45, 2.75) is 0 Å². The second-order valence-electron chi connectivity index (χ2n) is 6.77. The molecule has 29 heavy (non-hydrogen) atoms. The summed E-state index contributed by atoms with van der Waals surface area (Å²) in [6.07, 6.45) is 1.81. The number of para-hydroxylation sites is 1. The Kier molecular flexibility index (Phi) is 4.86. The van der Waals surface area contributed by atoms with E-state index in [2.05, 4.69) is 96.0 Å². The zero-order valence-electron chi connectivity index (χ0n) is 15.8. The number of nitrogens with zero attached hydrogens (tertiary/aromatic N) is 2. The highest BCUT2D eigenvalue weighted by Crippen LogP contribution is 2.35. The molecular formula is C26H19N2P. The highest BCUT2D eigenvalue weighted by atomic mass is 31.1. The van der Waals surface area contributed by atoms with Gasteiger partial charge in [0.05, 0.1) is 16.9 Å². The molecule has 0 radical (unpaired) electrons. The van der Waals surface area contributed by atoms with Gasteiger partial charge < -0.3 is 0 Å². The van der Waals surface area contributed by atoms with Crippen molar-refractivity contribution < 1.29 is 0 Å². The van der Waals surface area contributed by atoms with Crippen LogP contribution in [0.25, 0.3) is 22.3 Å². The van der Waals surface area contributed by atoms with Crippen molar-refractivity contribution in [3.05, 3.63) is 115 Å². The van der Waals surface area contributed by atoms with Crippen LogP contribution < -0.4 is 15.9 Å². The molecule has 0 spiro atoms. The van der Waals surface area contributed by atoms with E-state index < -0.39 is 7.92 Å². The summed E-state index contributed by atoms with van der Waals surface area (Å²) in [6, 6.07) is 38.2. The summed E-state index contributed by atoms with van der Waals surface area (Å²) in [4.78, 5) is 9.56. The van der Waals surface area contributed by atoms with Crippen LogP contribution in [-0.4, -0.2) is 9.97 Å². The van der Waals surface area contributed by atoms with Gasteiger partial charge in [-0.15, -0.1) is 0 Å². The van der Waals surface area contributed by atoms with Gasteiger partial charge >= 0.3 is 0 Å². The van der Waals surface area contributed by atoms with E-state index >= 15 is 0 Å². The Morgan fingerprint density at radius 3 is 1.86 bits per heavy atom. The third-order valence-corrected chi connectivity index (χ3v) is 7.37. The van der Waals surface area contributed by atoms with Gasteiger partial charge in [-0.05, 0) is 36.7 Å². The van der Waals surface area contributed by atoms with Crippen LogP contribution in [0.3, 0.4) is 0 Å². The largest absolute Gasteiger partial charge is 0.255 e. The van der Waals surface area contributed by atoms with Crippen LogP contribution in [0, 0.1) is 0 Å². The van der Waals surface area contributed by atoms with Crippen molar-refractivity contribution in [1.29, 1.82) is 0 Å². The number of benzene rings is 3. The van der Waals surface area contributed by atoms with E-state index in [9.17, 15) is 0 Å². The Hall–Kier alpha value is -3.35. The standard InChI is InChI=1S/C26H19N2P/c1-3-11-21(12-4-1)29(22-13-5-2-6-14-22)25-16-9-10-20-17-18-24(28-26(20)25)23-15-7-8-19-27-23/h1-19H. The minimum absolute atomic E-state index is 0.710. The number of rotatable bonds is 4. The molecule has 3 aromatic carbocycles. The lowest BCUT2D eigenvalue weighted by molar-refractivity contribution is 1.28. The molecule has 5 aromatic rings. The summed E-state index contributed by atoms with van der Waals surface area (Å²) in [6.45, 7) is 0. The summed E-state index contributed by atoms with van der Waals surface area (Å²) in [7, 11) is -0.710. The summed E-state index contributed by atoms with van der Waals surface area (Å²) in [5, 5.41) is 5.08. The van der Waals surface area contributed by atoms with Crippen molar-refractivity contribution in [1.82, 2.24) is 9.97 Å². The number of hydrogen-bond donors (Lipinski definition) is 0. The van der Waals surface area contributed by atoms with Crippen LogP contribution in [0.5, 0.6) is 0 Å². The SMILES string of the molecule is c1ccc(P(c2ccccc2)c2cccc3ccc(-c4ccccn4)nc23)cc1. The maximum atomic E-state index is 5.07. The van der Waals surface area contributed by atoms with E-state index in [-0.39, 0.29) is 0 Å². The molecule has 0 atom stereocenters. The van der Waals surface area contributed by atoms with Crippen LogP contribution in [0.2, 0.25) is 0 Å². The molecular weight excluding hydrogens is 371 g/mol. The number of aromatic nitrogens is 2. The van der Waals surface area contributed by atoms with E-state index in [4.69, 9.17) is 4.98 Å². The third-order valence-electron chi connectivity index (χ3n) is 4.90. The summed E-state index contributed by atoms with van der Waals surface area (Å²) in [5.74, 6) is 0. The average Bonchev–Trinajstić information content (AvgIpc) is 2.81. The van der Waals surface area contributed by atoms with Gasteiger partial charge in [0.2, 0.25) is 0 Å². The fourth-order valence-electron chi connectivity index (χ4n) is 3.55. The van der Waals surface area contributed by atoms with Gasteiger partial charge in [0.1, 0.15) is 0 Å². The topological polar surface area (TPSA) is 25.8 Å². The summed E-state index contributed by atoms with van der Waals surface area (Å²) >= 11 is 0. The second kappa shape index (κ2) is 7.95. The maximum Gasteiger partial charge on any atom is 0.0894 e. The molecule has 0 aliphatic rings. The Morgan fingerprint density at radius 1 is 0.517 bits per heavy atom. The predicted molar refractivity (Wildman–Crippen MR) is 124 cm³/mol. The van der Waals surface area contributed by atoms with Crippen LogP contribution in [0.15, 0.2) is 115 Å². The molecule has 0 aliphatic carbocycles. The van der Waals surface area contributed by atoms with E-state index in [1.807, 2.05) is 24.4 Å². The number of fused-ring (bicyclic) bond motifs is 1. The van der Waals surface area contributed by atoms with Gasteiger partial charge in [-0.1, -0.05) is 91.0 Å². The van der Waals surface area contributed by atoms with Crippen LogP contribution >= 0.6 is 7.92 Å². The van der Waals surface area contributed by atoms with Gasteiger partial charge in [-0.25, -0.2) is 4.98 Å². The smallest absolute Gasteiger partial charge is 0.0894 e. The lowest BCUT2D eigenvalue weighted by Crippen LogP contribution is -2.21. The average molecular weight is 390 g/mol. The Labute approximate surface area is 171 Å². The molecule has 0 aliphatic heterocycles. The molecule has 138 valence electrons. The fourth-order valence-corrected chi connectivity index (χ4v) is 5.97. The fraction of sp³-hybridized carbons (Fsp3) is 0. The maximum absolute atomic E-state index is 5.07. The number of pyridine rings is 2. The molecule has 0 saturated heterocycles. The van der Waals surface area contributed by atoms with E-state index in [0.717, 1.165) is 22.3 Å². The molecule has 0 fully saturated rings. The highest BCUT2D eigenvalue weighted by Gasteiger charge is 2.19. The van der Waals surface area contributed by atoms with E-state index in [0.29, 0.717) is 0 Å². The molecule has 5 rings (SSSR count). The first-order valence-corrected chi connectivity index (χ1v) is 11.0. The van der Waals surface area contributed by atoms with Gasteiger partial charge in [0.25, 0.3) is 0 Å². The monoisotopic (exact) mass is 390 g/mol. The molecule has 0 saturated carbocycles. The van der Waals surface area contributed by atoms with Crippen molar-refractivity contribution in [3.8, 4) is 11.4 Å². The Balaban J connectivity index is 1.75. The third kappa shape index (κ3) is 3.55. The molecule has 2 aromatic heterocycles. The van der Waals surface area contributed by atoms with Gasteiger partial charge in [0.15, 0.2) is 0 Å². The van der Waals surface area contributed by atoms with Gasteiger partial charge in [-0.3, -0.25) is 4.98 Å². The first-order valence-electron chi connectivity index (χ1n) is 9.61. The quantitative estimate of drug-likeness (QED) is 0.401. The zero-order chi connectivity index (χ0) is 19.5. The summed E-state index contributed by atoms with van der Waals surface area (Å²) < 4.78 is 0. The van der Waals surface area contributed by atoms with E-state index in [1.54, 1.807) is 0 Å². The lowest BCUT2D eigenvalue weighted by atomic mass is 10.1. The number of hydrogen-bond acceptors (Lipinski definition) is 2. The van der Waals surface area contributed by atoms with Crippen molar-refractivity contribution in [2.24, 2.45) is 0 Å². The molecule has 0 unspecified atom stereocenters. The van der Waals surface area contributed by atoms with Crippen LogP contribution in [-0.2, 0) is 0 Å². The molecule has 2 heterocycles. The van der Waals surface area contributed by atoms with Crippen LogP contribution in [0.4, 0.5) is 0 Å². The Morgan fingerprint density at radius 2 is 1.21 bits per heavy atom. The van der Waals surface area contributed by atoms with Crippen molar-refractivity contribution in [2.75, 3.05) is 0 Å². The molecule has 0 N–H and O–H groups in total. The second-order valence-corrected chi connectivity index (χ2v) is 8.95. The summed E-state index contributed by atoms with van der Waals surface area (Å²) in [5.41, 5.74) is 2.85.